The fourth-order valence-corrected chi connectivity index (χ4v) is 1.90. The third kappa shape index (κ3) is 2.48. The largest absolute Gasteiger partial charge is 0.309 e. The van der Waals surface area contributed by atoms with Crippen molar-refractivity contribution in [3.05, 3.63) is 39.4 Å². The van der Waals surface area contributed by atoms with Gasteiger partial charge in [-0.1, -0.05) is 18.5 Å². The number of rotatable bonds is 3. The smallest absolute Gasteiger partial charge is 0.258 e. The second-order valence-corrected chi connectivity index (χ2v) is 4.33. The molecule has 1 heterocycles. The van der Waals surface area contributed by atoms with E-state index in [9.17, 15) is 4.79 Å². The molecule has 2 aromatic rings. The molecule has 2 rings (SSSR count). The summed E-state index contributed by atoms with van der Waals surface area (Å²) in [6.45, 7) is 4.78. The van der Waals surface area contributed by atoms with Gasteiger partial charge in [0.25, 0.3) is 5.56 Å². The van der Waals surface area contributed by atoms with E-state index in [0.29, 0.717) is 21.7 Å². The van der Waals surface area contributed by atoms with Gasteiger partial charge in [-0.05, 0) is 31.7 Å². The molecule has 5 heteroatoms. The van der Waals surface area contributed by atoms with Crippen LogP contribution in [0.2, 0.25) is 5.02 Å². The third-order valence-electron chi connectivity index (χ3n) is 2.61. The maximum absolute atomic E-state index is 11.9. The van der Waals surface area contributed by atoms with Crippen molar-refractivity contribution in [2.75, 3.05) is 6.54 Å². The maximum atomic E-state index is 11.9. The Labute approximate surface area is 104 Å². The first kappa shape index (κ1) is 12.1. The highest BCUT2D eigenvalue weighted by Gasteiger charge is 2.09. The molecule has 0 spiro atoms. The minimum Gasteiger partial charge on any atom is -0.309 e. The van der Waals surface area contributed by atoms with Gasteiger partial charge in [0.2, 0.25) is 0 Å². The van der Waals surface area contributed by atoms with Crippen LogP contribution in [0.25, 0.3) is 10.9 Å². The fraction of sp³-hybridized carbons (Fsp3) is 0.333. The topological polar surface area (TPSA) is 57.8 Å². The van der Waals surface area contributed by atoms with Gasteiger partial charge < -0.3 is 10.3 Å². The predicted molar refractivity (Wildman–Crippen MR) is 69.5 cm³/mol. The molecule has 0 saturated heterocycles. The molecule has 0 radical (unpaired) electrons. The summed E-state index contributed by atoms with van der Waals surface area (Å²) in [5.74, 6) is 0.631. The van der Waals surface area contributed by atoms with E-state index in [2.05, 4.69) is 15.3 Å². The number of hydrogen-bond donors (Lipinski definition) is 2. The van der Waals surface area contributed by atoms with Crippen molar-refractivity contribution in [3.8, 4) is 0 Å². The van der Waals surface area contributed by atoms with Gasteiger partial charge >= 0.3 is 0 Å². The molecule has 2 N–H and O–H groups in total. The summed E-state index contributed by atoms with van der Waals surface area (Å²) in [7, 11) is 0. The van der Waals surface area contributed by atoms with Gasteiger partial charge in [-0.2, -0.15) is 0 Å². The molecule has 0 aliphatic carbocycles. The van der Waals surface area contributed by atoms with Crippen LogP contribution in [0, 0.1) is 0 Å². The zero-order chi connectivity index (χ0) is 12.4. The van der Waals surface area contributed by atoms with Gasteiger partial charge in [-0.3, -0.25) is 4.79 Å². The SMILES string of the molecule is CCN[C@H](C)c1nc2cc(Cl)ccc2c(=O)[nH]1. The highest BCUT2D eigenvalue weighted by molar-refractivity contribution is 6.31. The summed E-state index contributed by atoms with van der Waals surface area (Å²) in [6, 6.07) is 5.09. The van der Waals surface area contributed by atoms with Crippen LogP contribution in [-0.4, -0.2) is 16.5 Å². The van der Waals surface area contributed by atoms with Crippen LogP contribution in [-0.2, 0) is 0 Å². The number of hydrogen-bond acceptors (Lipinski definition) is 3. The van der Waals surface area contributed by atoms with Crippen molar-refractivity contribution in [2.24, 2.45) is 0 Å². The Hall–Kier alpha value is -1.39. The molecule has 0 aliphatic heterocycles. The Morgan fingerprint density at radius 1 is 1.53 bits per heavy atom. The molecule has 1 atom stereocenters. The van der Waals surface area contributed by atoms with E-state index in [4.69, 9.17) is 11.6 Å². The van der Waals surface area contributed by atoms with Crippen molar-refractivity contribution in [2.45, 2.75) is 19.9 Å². The van der Waals surface area contributed by atoms with E-state index in [1.807, 2.05) is 13.8 Å². The molecule has 90 valence electrons. The molecular formula is C12H14ClN3O. The van der Waals surface area contributed by atoms with Crippen LogP contribution in [0.1, 0.15) is 25.7 Å². The van der Waals surface area contributed by atoms with Crippen molar-refractivity contribution < 1.29 is 0 Å². The molecular weight excluding hydrogens is 238 g/mol. The highest BCUT2D eigenvalue weighted by Crippen LogP contribution is 2.16. The van der Waals surface area contributed by atoms with E-state index >= 15 is 0 Å². The summed E-state index contributed by atoms with van der Waals surface area (Å²) in [5, 5.41) is 4.34. The van der Waals surface area contributed by atoms with Crippen LogP contribution in [0.15, 0.2) is 23.0 Å². The Morgan fingerprint density at radius 3 is 3.00 bits per heavy atom. The van der Waals surface area contributed by atoms with Crippen molar-refractivity contribution in [1.82, 2.24) is 15.3 Å². The van der Waals surface area contributed by atoms with Crippen LogP contribution >= 0.6 is 11.6 Å². The summed E-state index contributed by atoms with van der Waals surface area (Å²) in [4.78, 5) is 19.0. The zero-order valence-corrected chi connectivity index (χ0v) is 10.5. The summed E-state index contributed by atoms with van der Waals surface area (Å²) in [6.07, 6.45) is 0. The molecule has 0 amide bonds. The number of fused-ring (bicyclic) bond motifs is 1. The predicted octanol–water partition coefficient (Wildman–Crippen LogP) is 2.25. The van der Waals surface area contributed by atoms with Gasteiger partial charge in [0.15, 0.2) is 0 Å². The van der Waals surface area contributed by atoms with E-state index in [-0.39, 0.29) is 11.6 Å². The van der Waals surface area contributed by atoms with Gasteiger partial charge in [0.05, 0.1) is 16.9 Å². The lowest BCUT2D eigenvalue weighted by Crippen LogP contribution is -2.23. The van der Waals surface area contributed by atoms with Crippen molar-refractivity contribution in [3.63, 3.8) is 0 Å². The van der Waals surface area contributed by atoms with Crippen LogP contribution < -0.4 is 10.9 Å². The molecule has 0 saturated carbocycles. The summed E-state index contributed by atoms with van der Waals surface area (Å²) >= 11 is 5.90. The molecule has 0 unspecified atom stereocenters. The number of benzene rings is 1. The lowest BCUT2D eigenvalue weighted by Gasteiger charge is -2.11. The molecule has 0 fully saturated rings. The molecule has 4 nitrogen and oxygen atoms in total. The number of H-pyrrole nitrogens is 1. The first-order chi connectivity index (χ1) is 8.11. The molecule has 0 aliphatic rings. The maximum Gasteiger partial charge on any atom is 0.258 e. The number of nitrogens with one attached hydrogen (secondary N) is 2. The van der Waals surface area contributed by atoms with E-state index < -0.39 is 0 Å². The van der Waals surface area contributed by atoms with E-state index in [0.717, 1.165) is 6.54 Å². The first-order valence-corrected chi connectivity index (χ1v) is 5.92. The van der Waals surface area contributed by atoms with Crippen molar-refractivity contribution in [1.29, 1.82) is 0 Å². The molecule has 17 heavy (non-hydrogen) atoms. The Balaban J connectivity index is 2.57. The molecule has 1 aromatic heterocycles. The lowest BCUT2D eigenvalue weighted by atomic mass is 10.2. The fourth-order valence-electron chi connectivity index (χ4n) is 1.74. The summed E-state index contributed by atoms with van der Waals surface area (Å²) < 4.78 is 0. The number of aromatic nitrogens is 2. The minimum atomic E-state index is -0.133. The Bertz CT molecular complexity index is 594. The van der Waals surface area contributed by atoms with Gasteiger partial charge in [0.1, 0.15) is 5.82 Å². The quantitative estimate of drug-likeness (QED) is 0.880. The Morgan fingerprint density at radius 2 is 2.29 bits per heavy atom. The van der Waals surface area contributed by atoms with Gasteiger partial charge in [-0.15, -0.1) is 0 Å². The van der Waals surface area contributed by atoms with Gasteiger partial charge in [0, 0.05) is 5.02 Å². The summed E-state index contributed by atoms with van der Waals surface area (Å²) in [5.41, 5.74) is 0.493. The molecule has 0 bridgehead atoms. The van der Waals surface area contributed by atoms with Crippen LogP contribution in [0.3, 0.4) is 0 Å². The number of halogens is 1. The zero-order valence-electron chi connectivity index (χ0n) is 9.75. The highest BCUT2D eigenvalue weighted by atomic mass is 35.5. The first-order valence-electron chi connectivity index (χ1n) is 5.54. The molecule has 1 aromatic carbocycles. The second kappa shape index (κ2) is 4.85. The van der Waals surface area contributed by atoms with Gasteiger partial charge in [-0.25, -0.2) is 4.98 Å². The number of aromatic amines is 1. The average molecular weight is 252 g/mol. The average Bonchev–Trinajstić information content (AvgIpc) is 2.28. The monoisotopic (exact) mass is 251 g/mol. The van der Waals surface area contributed by atoms with Crippen molar-refractivity contribution >= 4 is 22.5 Å². The second-order valence-electron chi connectivity index (χ2n) is 3.89. The van der Waals surface area contributed by atoms with Crippen LogP contribution in [0.4, 0.5) is 0 Å². The minimum absolute atomic E-state index is 0.0103. The standard InChI is InChI=1S/C12H14ClN3O/c1-3-14-7(2)11-15-10-6-8(13)4-5-9(10)12(17)16-11/h4-7,14H,3H2,1-2H3,(H,15,16,17)/t7-/m1/s1. The normalized spacial score (nSPS) is 12.9. The number of nitrogens with zero attached hydrogens (tertiary/aromatic N) is 1. The van der Waals surface area contributed by atoms with E-state index in [1.54, 1.807) is 18.2 Å². The third-order valence-corrected chi connectivity index (χ3v) is 2.84. The Kier molecular flexibility index (Phi) is 3.45. The van der Waals surface area contributed by atoms with E-state index in [1.165, 1.54) is 0 Å². The van der Waals surface area contributed by atoms with Crippen LogP contribution in [0.5, 0.6) is 0 Å². The lowest BCUT2D eigenvalue weighted by molar-refractivity contribution is 0.567.